The molecule has 0 atom stereocenters. The smallest absolute Gasteiger partial charge is 0.264 e. The molecule has 0 saturated heterocycles. The summed E-state index contributed by atoms with van der Waals surface area (Å²) in [5, 5.41) is -0.0277. The van der Waals surface area contributed by atoms with Gasteiger partial charge in [-0.25, -0.2) is 18.4 Å². The standard InChI is InChI=1S/C12H12ClN3O4S/c1-19-10-4-3-8(5-11(10)20-2)16-21(17,18)9-6-14-12(13)15-7-9/h3-7,16H,1-2H3. The van der Waals surface area contributed by atoms with Gasteiger partial charge >= 0.3 is 0 Å². The fourth-order valence-corrected chi connectivity index (χ4v) is 2.59. The Hall–Kier alpha value is -2.06. The van der Waals surface area contributed by atoms with Gasteiger partial charge in [-0.2, -0.15) is 0 Å². The fraction of sp³-hybridized carbons (Fsp3) is 0.167. The van der Waals surface area contributed by atoms with Gasteiger partial charge in [0.1, 0.15) is 4.90 Å². The Balaban J connectivity index is 2.30. The Morgan fingerprint density at radius 3 is 2.29 bits per heavy atom. The molecule has 0 spiro atoms. The minimum Gasteiger partial charge on any atom is -0.493 e. The van der Waals surface area contributed by atoms with E-state index < -0.39 is 10.0 Å². The Kier molecular flexibility index (Phi) is 4.49. The molecule has 0 aliphatic carbocycles. The van der Waals surface area contributed by atoms with Crippen molar-refractivity contribution in [1.82, 2.24) is 9.97 Å². The van der Waals surface area contributed by atoms with Gasteiger partial charge < -0.3 is 9.47 Å². The van der Waals surface area contributed by atoms with Crippen LogP contribution in [0.1, 0.15) is 0 Å². The highest BCUT2D eigenvalue weighted by atomic mass is 35.5. The quantitative estimate of drug-likeness (QED) is 0.843. The summed E-state index contributed by atoms with van der Waals surface area (Å²) in [7, 11) is -0.850. The van der Waals surface area contributed by atoms with E-state index in [2.05, 4.69) is 14.7 Å². The Morgan fingerprint density at radius 1 is 1.10 bits per heavy atom. The van der Waals surface area contributed by atoms with Gasteiger partial charge in [-0.15, -0.1) is 0 Å². The topological polar surface area (TPSA) is 90.4 Å². The van der Waals surface area contributed by atoms with Crippen LogP contribution in [0, 0.1) is 0 Å². The highest BCUT2D eigenvalue weighted by Gasteiger charge is 2.16. The Morgan fingerprint density at radius 2 is 1.71 bits per heavy atom. The van der Waals surface area contributed by atoms with E-state index >= 15 is 0 Å². The zero-order valence-corrected chi connectivity index (χ0v) is 12.8. The van der Waals surface area contributed by atoms with Gasteiger partial charge in [-0.05, 0) is 23.7 Å². The third-order valence-electron chi connectivity index (χ3n) is 2.54. The van der Waals surface area contributed by atoms with Gasteiger partial charge in [-0.1, -0.05) is 0 Å². The van der Waals surface area contributed by atoms with Crippen LogP contribution < -0.4 is 14.2 Å². The van der Waals surface area contributed by atoms with Crippen molar-refractivity contribution >= 4 is 27.3 Å². The maximum atomic E-state index is 12.2. The Bertz CT molecular complexity index is 735. The third-order valence-corrected chi connectivity index (χ3v) is 4.07. The van der Waals surface area contributed by atoms with Crippen molar-refractivity contribution in [2.45, 2.75) is 4.90 Å². The van der Waals surface area contributed by atoms with E-state index in [1.54, 1.807) is 12.1 Å². The van der Waals surface area contributed by atoms with Gasteiger partial charge in [0.15, 0.2) is 11.5 Å². The minimum atomic E-state index is -3.80. The van der Waals surface area contributed by atoms with Crippen LogP contribution in [-0.4, -0.2) is 32.6 Å². The van der Waals surface area contributed by atoms with Crippen molar-refractivity contribution in [3.8, 4) is 11.5 Å². The monoisotopic (exact) mass is 329 g/mol. The van der Waals surface area contributed by atoms with E-state index in [1.165, 1.54) is 20.3 Å². The predicted octanol–water partition coefficient (Wildman–Crippen LogP) is 1.95. The Labute approximate surface area is 126 Å². The van der Waals surface area contributed by atoms with E-state index in [1.807, 2.05) is 0 Å². The third kappa shape index (κ3) is 3.53. The average molecular weight is 330 g/mol. The fourth-order valence-electron chi connectivity index (χ4n) is 1.55. The zero-order chi connectivity index (χ0) is 15.5. The molecule has 1 aromatic carbocycles. The summed E-state index contributed by atoms with van der Waals surface area (Å²) < 4.78 is 36.9. The summed E-state index contributed by atoms with van der Waals surface area (Å²) >= 11 is 5.53. The molecule has 0 radical (unpaired) electrons. The number of methoxy groups -OCH3 is 2. The molecule has 1 N–H and O–H groups in total. The number of hydrogen-bond acceptors (Lipinski definition) is 6. The molecule has 0 bridgehead atoms. The number of benzene rings is 1. The summed E-state index contributed by atoms with van der Waals surface area (Å²) in [6.45, 7) is 0. The summed E-state index contributed by atoms with van der Waals surface area (Å²) in [5.74, 6) is 0.903. The highest BCUT2D eigenvalue weighted by Crippen LogP contribution is 2.30. The molecular weight excluding hydrogens is 318 g/mol. The van der Waals surface area contributed by atoms with Crippen molar-refractivity contribution in [1.29, 1.82) is 0 Å². The normalized spacial score (nSPS) is 11.0. The number of nitrogens with one attached hydrogen (secondary N) is 1. The second-order valence-electron chi connectivity index (χ2n) is 3.86. The molecule has 1 aromatic heterocycles. The number of sulfonamides is 1. The lowest BCUT2D eigenvalue weighted by molar-refractivity contribution is 0.355. The van der Waals surface area contributed by atoms with Crippen LogP contribution in [0.5, 0.6) is 11.5 Å². The summed E-state index contributed by atoms with van der Waals surface area (Å²) in [6.07, 6.45) is 2.25. The second-order valence-corrected chi connectivity index (χ2v) is 5.88. The molecule has 2 rings (SSSR count). The molecule has 2 aromatic rings. The number of anilines is 1. The number of nitrogens with zero attached hydrogens (tertiary/aromatic N) is 2. The first kappa shape index (κ1) is 15.3. The van der Waals surface area contributed by atoms with Gasteiger partial charge in [-0.3, -0.25) is 4.72 Å². The number of rotatable bonds is 5. The van der Waals surface area contributed by atoms with Gasteiger partial charge in [0.25, 0.3) is 10.0 Å². The van der Waals surface area contributed by atoms with E-state index in [9.17, 15) is 8.42 Å². The van der Waals surface area contributed by atoms with Crippen LogP contribution in [0.25, 0.3) is 0 Å². The lowest BCUT2D eigenvalue weighted by Gasteiger charge is -2.11. The van der Waals surface area contributed by atoms with Crippen LogP contribution >= 0.6 is 11.6 Å². The minimum absolute atomic E-state index is 0.0277. The molecular formula is C12H12ClN3O4S. The maximum absolute atomic E-state index is 12.2. The zero-order valence-electron chi connectivity index (χ0n) is 11.2. The molecule has 0 saturated carbocycles. The molecule has 1 heterocycles. The summed E-state index contributed by atoms with van der Waals surface area (Å²) in [4.78, 5) is 7.18. The molecule has 0 amide bonds. The number of halogens is 1. The predicted molar refractivity (Wildman–Crippen MR) is 77.4 cm³/mol. The number of aromatic nitrogens is 2. The van der Waals surface area contributed by atoms with Crippen LogP contribution in [0.15, 0.2) is 35.5 Å². The molecule has 0 fully saturated rings. The van der Waals surface area contributed by atoms with Crippen LogP contribution in [0.4, 0.5) is 5.69 Å². The van der Waals surface area contributed by atoms with Crippen LogP contribution in [-0.2, 0) is 10.0 Å². The molecule has 7 nitrogen and oxygen atoms in total. The van der Waals surface area contributed by atoms with Crippen molar-refractivity contribution in [3.05, 3.63) is 35.9 Å². The molecule has 0 aliphatic heterocycles. The van der Waals surface area contributed by atoms with E-state index in [4.69, 9.17) is 21.1 Å². The largest absolute Gasteiger partial charge is 0.493 e. The average Bonchev–Trinajstić information content (AvgIpc) is 2.47. The molecule has 112 valence electrons. The van der Waals surface area contributed by atoms with Crippen molar-refractivity contribution in [3.63, 3.8) is 0 Å². The number of ether oxygens (including phenoxy) is 2. The first-order valence-electron chi connectivity index (χ1n) is 5.68. The van der Waals surface area contributed by atoms with E-state index in [0.717, 1.165) is 12.4 Å². The van der Waals surface area contributed by atoms with E-state index in [-0.39, 0.29) is 10.2 Å². The SMILES string of the molecule is COc1ccc(NS(=O)(=O)c2cnc(Cl)nc2)cc1OC. The van der Waals surface area contributed by atoms with Crippen LogP contribution in [0.3, 0.4) is 0 Å². The highest BCUT2D eigenvalue weighted by molar-refractivity contribution is 7.92. The number of hydrogen-bond donors (Lipinski definition) is 1. The molecule has 0 unspecified atom stereocenters. The van der Waals surface area contributed by atoms with Crippen molar-refractivity contribution < 1.29 is 17.9 Å². The van der Waals surface area contributed by atoms with Crippen LogP contribution in [0.2, 0.25) is 5.28 Å². The lowest BCUT2D eigenvalue weighted by Crippen LogP contribution is -2.13. The van der Waals surface area contributed by atoms with Crippen molar-refractivity contribution in [2.75, 3.05) is 18.9 Å². The molecule has 0 aliphatic rings. The molecule has 21 heavy (non-hydrogen) atoms. The first-order valence-corrected chi connectivity index (χ1v) is 7.55. The van der Waals surface area contributed by atoms with Gasteiger partial charge in [0.2, 0.25) is 5.28 Å². The summed E-state index contributed by atoms with van der Waals surface area (Å²) in [6, 6.07) is 4.65. The van der Waals surface area contributed by atoms with Gasteiger partial charge in [0, 0.05) is 6.07 Å². The maximum Gasteiger partial charge on any atom is 0.264 e. The summed E-state index contributed by atoms with van der Waals surface area (Å²) in [5.41, 5.74) is 0.322. The van der Waals surface area contributed by atoms with Crippen molar-refractivity contribution in [2.24, 2.45) is 0 Å². The lowest BCUT2D eigenvalue weighted by atomic mass is 10.3. The second kappa shape index (κ2) is 6.15. The molecule has 9 heteroatoms. The van der Waals surface area contributed by atoms with E-state index in [0.29, 0.717) is 17.2 Å². The van der Waals surface area contributed by atoms with Gasteiger partial charge in [0.05, 0.1) is 32.3 Å². The first-order chi connectivity index (χ1) is 9.96.